The number of aliphatic carboxylic acids is 1. The summed E-state index contributed by atoms with van der Waals surface area (Å²) >= 11 is 0. The van der Waals surface area contributed by atoms with Crippen LogP contribution in [0.2, 0.25) is 0 Å². The molecule has 4 heteroatoms. The zero-order chi connectivity index (χ0) is 10.7. The fourth-order valence-corrected chi connectivity index (χ4v) is 1.08. The van der Waals surface area contributed by atoms with Gasteiger partial charge in [-0.05, 0) is 37.6 Å². The van der Waals surface area contributed by atoms with Crippen LogP contribution in [-0.2, 0) is 4.79 Å². The Hall–Kier alpha value is -1.58. The van der Waals surface area contributed by atoms with Crippen LogP contribution in [0.15, 0.2) is 18.2 Å². The highest BCUT2D eigenvalue weighted by atomic mass is 19.1. The van der Waals surface area contributed by atoms with Crippen molar-refractivity contribution in [2.75, 3.05) is 5.32 Å². The number of carboxylic acid groups (broad SMARTS) is 1. The van der Waals surface area contributed by atoms with Crippen molar-refractivity contribution < 1.29 is 14.3 Å². The minimum atomic E-state index is -0.936. The summed E-state index contributed by atoms with van der Waals surface area (Å²) in [6.07, 6.45) is 0. The number of benzene rings is 1. The number of aryl methyl sites for hydroxylation is 1. The lowest BCUT2D eigenvalue weighted by Crippen LogP contribution is -2.25. The third kappa shape index (κ3) is 2.45. The van der Waals surface area contributed by atoms with Gasteiger partial charge in [0, 0.05) is 5.69 Å². The van der Waals surface area contributed by atoms with Crippen molar-refractivity contribution in [1.82, 2.24) is 0 Å². The van der Waals surface area contributed by atoms with E-state index >= 15 is 0 Å². The van der Waals surface area contributed by atoms with Crippen molar-refractivity contribution in [1.29, 1.82) is 0 Å². The molecule has 0 saturated carbocycles. The lowest BCUT2D eigenvalue weighted by molar-refractivity contribution is -0.137. The standard InChI is InChI=1S/C10H12FNO2/c1-6-5-8(11)3-4-9(6)12-7(2)10(13)14/h3-5,7,12H,1-2H3,(H,13,14). The minimum absolute atomic E-state index is 0.323. The normalized spacial score (nSPS) is 12.2. The maximum absolute atomic E-state index is 12.7. The van der Waals surface area contributed by atoms with Crippen LogP contribution < -0.4 is 5.32 Å². The number of hydrogen-bond donors (Lipinski definition) is 2. The van der Waals surface area contributed by atoms with Gasteiger partial charge < -0.3 is 10.4 Å². The molecule has 0 heterocycles. The van der Waals surface area contributed by atoms with E-state index in [1.807, 2.05) is 0 Å². The minimum Gasteiger partial charge on any atom is -0.480 e. The number of nitrogens with one attached hydrogen (secondary N) is 1. The van der Waals surface area contributed by atoms with Crippen molar-refractivity contribution in [3.05, 3.63) is 29.6 Å². The molecule has 0 bridgehead atoms. The maximum atomic E-state index is 12.7. The molecule has 0 spiro atoms. The van der Waals surface area contributed by atoms with E-state index < -0.39 is 12.0 Å². The molecule has 2 N–H and O–H groups in total. The summed E-state index contributed by atoms with van der Waals surface area (Å²) in [7, 11) is 0. The van der Waals surface area contributed by atoms with E-state index in [1.165, 1.54) is 25.1 Å². The van der Waals surface area contributed by atoms with E-state index in [9.17, 15) is 9.18 Å². The number of rotatable bonds is 3. The van der Waals surface area contributed by atoms with E-state index in [4.69, 9.17) is 5.11 Å². The number of carboxylic acids is 1. The van der Waals surface area contributed by atoms with Gasteiger partial charge in [-0.3, -0.25) is 4.79 Å². The quantitative estimate of drug-likeness (QED) is 0.779. The molecule has 0 aliphatic heterocycles. The molecule has 3 nitrogen and oxygen atoms in total. The van der Waals surface area contributed by atoms with Gasteiger partial charge in [-0.15, -0.1) is 0 Å². The first-order valence-corrected chi connectivity index (χ1v) is 4.26. The smallest absolute Gasteiger partial charge is 0.325 e. The third-order valence-corrected chi connectivity index (χ3v) is 1.93. The summed E-state index contributed by atoms with van der Waals surface area (Å²) in [4.78, 5) is 10.5. The van der Waals surface area contributed by atoms with Crippen LogP contribution in [0.1, 0.15) is 12.5 Å². The molecule has 0 aliphatic carbocycles. The Bertz CT molecular complexity index is 352. The van der Waals surface area contributed by atoms with E-state index in [2.05, 4.69) is 5.32 Å². The van der Waals surface area contributed by atoms with Gasteiger partial charge in [0.25, 0.3) is 0 Å². The zero-order valence-corrected chi connectivity index (χ0v) is 8.04. The van der Waals surface area contributed by atoms with Gasteiger partial charge in [-0.1, -0.05) is 0 Å². The molecule has 1 unspecified atom stereocenters. The molecule has 0 aromatic heterocycles. The van der Waals surface area contributed by atoms with Gasteiger partial charge in [0.1, 0.15) is 11.9 Å². The van der Waals surface area contributed by atoms with Crippen molar-refractivity contribution in [3.8, 4) is 0 Å². The van der Waals surface area contributed by atoms with E-state index in [1.54, 1.807) is 6.92 Å². The zero-order valence-electron chi connectivity index (χ0n) is 8.04. The second-order valence-corrected chi connectivity index (χ2v) is 3.16. The van der Waals surface area contributed by atoms with Crippen LogP contribution >= 0.6 is 0 Å². The molecule has 0 aliphatic rings. The maximum Gasteiger partial charge on any atom is 0.325 e. The first kappa shape index (κ1) is 10.5. The molecule has 14 heavy (non-hydrogen) atoms. The topological polar surface area (TPSA) is 49.3 Å². The molecular formula is C10H12FNO2. The first-order valence-electron chi connectivity index (χ1n) is 4.26. The van der Waals surface area contributed by atoms with Gasteiger partial charge >= 0.3 is 5.97 Å². The van der Waals surface area contributed by atoms with Crippen LogP contribution in [0.25, 0.3) is 0 Å². The van der Waals surface area contributed by atoms with E-state index in [0.717, 1.165) is 0 Å². The van der Waals surface area contributed by atoms with Crippen LogP contribution in [0.4, 0.5) is 10.1 Å². The predicted octanol–water partition coefficient (Wildman–Crippen LogP) is 2.02. The lowest BCUT2D eigenvalue weighted by Gasteiger charge is -2.12. The molecule has 0 radical (unpaired) electrons. The van der Waals surface area contributed by atoms with E-state index in [0.29, 0.717) is 11.3 Å². The molecule has 1 rings (SSSR count). The van der Waals surface area contributed by atoms with Gasteiger partial charge in [0.05, 0.1) is 0 Å². The molecule has 1 aromatic carbocycles. The van der Waals surface area contributed by atoms with Crippen LogP contribution in [0.5, 0.6) is 0 Å². The Balaban J connectivity index is 2.82. The molecule has 0 fully saturated rings. The lowest BCUT2D eigenvalue weighted by atomic mass is 10.2. The van der Waals surface area contributed by atoms with Crippen molar-refractivity contribution >= 4 is 11.7 Å². The molecule has 76 valence electrons. The molecular weight excluding hydrogens is 185 g/mol. The Morgan fingerprint density at radius 1 is 1.57 bits per heavy atom. The van der Waals surface area contributed by atoms with Crippen molar-refractivity contribution in [2.45, 2.75) is 19.9 Å². The SMILES string of the molecule is Cc1cc(F)ccc1NC(C)C(=O)O. The average molecular weight is 197 g/mol. The first-order chi connectivity index (χ1) is 6.50. The third-order valence-electron chi connectivity index (χ3n) is 1.93. The number of halogens is 1. The summed E-state index contributed by atoms with van der Waals surface area (Å²) < 4.78 is 12.7. The molecule has 1 atom stereocenters. The number of anilines is 1. The fourth-order valence-electron chi connectivity index (χ4n) is 1.08. The number of hydrogen-bond acceptors (Lipinski definition) is 2. The second kappa shape index (κ2) is 4.09. The summed E-state index contributed by atoms with van der Waals surface area (Å²) in [5.74, 6) is -1.26. The van der Waals surface area contributed by atoms with Gasteiger partial charge in [-0.25, -0.2) is 4.39 Å². The summed E-state index contributed by atoms with van der Waals surface area (Å²) in [5.41, 5.74) is 1.33. The van der Waals surface area contributed by atoms with Crippen LogP contribution in [0.3, 0.4) is 0 Å². The average Bonchev–Trinajstić information content (AvgIpc) is 2.09. The molecule has 0 amide bonds. The summed E-state index contributed by atoms with van der Waals surface area (Å²) in [5, 5.41) is 11.4. The molecule has 0 saturated heterocycles. The Labute approximate surface area is 81.6 Å². The highest BCUT2D eigenvalue weighted by Gasteiger charge is 2.11. The highest BCUT2D eigenvalue weighted by Crippen LogP contribution is 2.16. The van der Waals surface area contributed by atoms with E-state index in [-0.39, 0.29) is 5.82 Å². The largest absolute Gasteiger partial charge is 0.480 e. The van der Waals surface area contributed by atoms with Crippen molar-refractivity contribution in [3.63, 3.8) is 0 Å². The van der Waals surface area contributed by atoms with Gasteiger partial charge in [-0.2, -0.15) is 0 Å². The van der Waals surface area contributed by atoms with Gasteiger partial charge in [0.2, 0.25) is 0 Å². The van der Waals surface area contributed by atoms with Crippen LogP contribution in [0, 0.1) is 12.7 Å². The summed E-state index contributed by atoms with van der Waals surface area (Å²) in [6.45, 7) is 3.26. The van der Waals surface area contributed by atoms with Crippen molar-refractivity contribution in [2.24, 2.45) is 0 Å². The van der Waals surface area contributed by atoms with Crippen LogP contribution in [-0.4, -0.2) is 17.1 Å². The van der Waals surface area contributed by atoms with Gasteiger partial charge in [0.15, 0.2) is 0 Å². The Morgan fingerprint density at radius 3 is 2.71 bits per heavy atom. The predicted molar refractivity (Wildman–Crippen MR) is 51.9 cm³/mol. The Kier molecular flexibility index (Phi) is 3.06. The highest BCUT2D eigenvalue weighted by molar-refractivity contribution is 5.77. The number of carbonyl (C=O) groups is 1. The summed E-state index contributed by atoms with van der Waals surface area (Å²) in [6, 6.07) is 3.50. The monoisotopic (exact) mass is 197 g/mol. The Morgan fingerprint density at radius 2 is 2.21 bits per heavy atom. The molecule has 1 aromatic rings. The fraction of sp³-hybridized carbons (Fsp3) is 0.300. The second-order valence-electron chi connectivity index (χ2n) is 3.16.